The largest absolute Gasteiger partial charge is 0.381 e. The minimum Gasteiger partial charge on any atom is -0.381 e. The molecule has 0 radical (unpaired) electrons. The molecule has 2 atom stereocenters. The van der Waals surface area contributed by atoms with Gasteiger partial charge in [-0.15, -0.1) is 0 Å². The summed E-state index contributed by atoms with van der Waals surface area (Å²) in [6, 6.07) is 0.0734. The normalized spacial score (nSPS) is 42.3. The predicted molar refractivity (Wildman–Crippen MR) is 82.0 cm³/mol. The van der Waals surface area contributed by atoms with Crippen molar-refractivity contribution in [2.24, 2.45) is 17.1 Å². The Labute approximate surface area is 127 Å². The van der Waals surface area contributed by atoms with E-state index in [9.17, 15) is 4.79 Å². The van der Waals surface area contributed by atoms with Crippen molar-refractivity contribution < 1.29 is 9.53 Å². The van der Waals surface area contributed by atoms with E-state index in [1.165, 1.54) is 6.42 Å². The second-order valence-electron chi connectivity index (χ2n) is 7.75. The van der Waals surface area contributed by atoms with E-state index in [2.05, 4.69) is 12.2 Å². The highest BCUT2D eigenvalue weighted by atomic mass is 16.5. The number of methoxy groups -OCH3 is 1. The van der Waals surface area contributed by atoms with Crippen LogP contribution in [-0.2, 0) is 4.74 Å². The third-order valence-corrected chi connectivity index (χ3v) is 6.12. The van der Waals surface area contributed by atoms with Crippen LogP contribution in [0.25, 0.3) is 0 Å². The van der Waals surface area contributed by atoms with Crippen LogP contribution in [0.1, 0.15) is 45.4 Å². The first-order chi connectivity index (χ1) is 9.94. The van der Waals surface area contributed by atoms with Crippen molar-refractivity contribution in [1.82, 2.24) is 10.2 Å². The van der Waals surface area contributed by atoms with E-state index in [0.717, 1.165) is 51.7 Å². The van der Waals surface area contributed by atoms with Crippen LogP contribution in [0.15, 0.2) is 0 Å². The number of rotatable bonds is 3. The smallest absolute Gasteiger partial charge is 0.317 e. The molecule has 0 spiro atoms. The number of hydrogen-bond donors (Lipinski definition) is 2. The number of hydrogen-bond acceptors (Lipinski definition) is 3. The Morgan fingerprint density at radius 3 is 2.52 bits per heavy atom. The first kappa shape index (κ1) is 15.1. The van der Waals surface area contributed by atoms with Gasteiger partial charge in [0.05, 0.1) is 6.10 Å². The van der Waals surface area contributed by atoms with Crippen molar-refractivity contribution in [1.29, 1.82) is 0 Å². The molecule has 3 N–H and O–H groups in total. The fourth-order valence-corrected chi connectivity index (χ4v) is 4.14. The van der Waals surface area contributed by atoms with Crippen molar-refractivity contribution in [2.75, 3.05) is 26.7 Å². The van der Waals surface area contributed by atoms with E-state index in [1.807, 2.05) is 4.90 Å². The molecule has 2 aliphatic carbocycles. The molecule has 5 nitrogen and oxygen atoms in total. The number of carbonyl (C=O) groups is 1. The van der Waals surface area contributed by atoms with Gasteiger partial charge in [-0.25, -0.2) is 4.79 Å². The quantitative estimate of drug-likeness (QED) is 0.833. The lowest BCUT2D eigenvalue weighted by Gasteiger charge is -2.40. The molecule has 0 aromatic carbocycles. The highest BCUT2D eigenvalue weighted by molar-refractivity contribution is 5.75. The van der Waals surface area contributed by atoms with Gasteiger partial charge in [-0.2, -0.15) is 0 Å². The molecule has 1 heterocycles. The number of carbonyl (C=O) groups excluding carboxylic acids is 1. The van der Waals surface area contributed by atoms with Crippen molar-refractivity contribution in [3.8, 4) is 0 Å². The average molecular weight is 295 g/mol. The van der Waals surface area contributed by atoms with Crippen LogP contribution in [0.5, 0.6) is 0 Å². The summed E-state index contributed by atoms with van der Waals surface area (Å²) in [6.07, 6.45) is 7.08. The Hall–Kier alpha value is -0.810. The summed E-state index contributed by atoms with van der Waals surface area (Å²) < 4.78 is 5.42. The summed E-state index contributed by atoms with van der Waals surface area (Å²) in [5.41, 5.74) is 6.42. The number of amides is 2. The maximum atomic E-state index is 12.3. The number of likely N-dealkylation sites (tertiary alicyclic amines) is 1. The van der Waals surface area contributed by atoms with E-state index in [4.69, 9.17) is 10.5 Å². The number of nitrogens with one attached hydrogen (secondary N) is 1. The zero-order valence-electron chi connectivity index (χ0n) is 13.4. The second-order valence-corrected chi connectivity index (χ2v) is 7.75. The molecule has 0 aromatic heterocycles. The fraction of sp³-hybridized carbons (Fsp3) is 0.938. The number of ether oxygens (including phenoxy) is 1. The van der Waals surface area contributed by atoms with Crippen LogP contribution < -0.4 is 11.1 Å². The molecule has 1 saturated heterocycles. The van der Waals surface area contributed by atoms with Crippen LogP contribution in [-0.4, -0.2) is 49.3 Å². The number of nitrogens with zero attached hydrogens (tertiary/aromatic N) is 1. The van der Waals surface area contributed by atoms with E-state index in [-0.39, 0.29) is 17.0 Å². The predicted octanol–water partition coefficient (Wildman–Crippen LogP) is 1.71. The molecule has 2 saturated carbocycles. The summed E-state index contributed by atoms with van der Waals surface area (Å²) in [4.78, 5) is 14.3. The van der Waals surface area contributed by atoms with Crippen LogP contribution in [0, 0.1) is 11.3 Å². The number of urea groups is 1. The lowest BCUT2D eigenvalue weighted by molar-refractivity contribution is 0.0330. The third kappa shape index (κ3) is 2.90. The second kappa shape index (κ2) is 5.43. The van der Waals surface area contributed by atoms with Crippen LogP contribution in [0.2, 0.25) is 0 Å². The molecule has 1 aliphatic heterocycles. The lowest BCUT2D eigenvalue weighted by atomic mass is 9.70. The van der Waals surface area contributed by atoms with Crippen molar-refractivity contribution in [3.05, 3.63) is 0 Å². The van der Waals surface area contributed by atoms with Crippen LogP contribution in [0.3, 0.4) is 0 Å². The van der Waals surface area contributed by atoms with Gasteiger partial charge in [0, 0.05) is 32.3 Å². The van der Waals surface area contributed by atoms with Gasteiger partial charge in [0.2, 0.25) is 0 Å². The summed E-state index contributed by atoms with van der Waals surface area (Å²) in [5.74, 6) is 0.524. The SMILES string of the molecule is COC1CCC(C)(CNC(=O)N2C[C@@H]3CC[C@]3(N)C2)CC1. The molecule has 3 aliphatic rings. The lowest BCUT2D eigenvalue weighted by Crippen LogP contribution is -2.55. The van der Waals surface area contributed by atoms with Crippen molar-refractivity contribution in [2.45, 2.75) is 57.1 Å². The number of nitrogens with two attached hydrogens (primary N) is 1. The highest BCUT2D eigenvalue weighted by Gasteiger charge is 2.51. The van der Waals surface area contributed by atoms with Gasteiger partial charge in [-0.3, -0.25) is 0 Å². The Balaban J connectivity index is 1.46. The Bertz CT molecular complexity index is 406. The van der Waals surface area contributed by atoms with E-state index in [1.54, 1.807) is 7.11 Å². The van der Waals surface area contributed by atoms with Crippen molar-refractivity contribution in [3.63, 3.8) is 0 Å². The van der Waals surface area contributed by atoms with E-state index < -0.39 is 0 Å². The Morgan fingerprint density at radius 1 is 1.33 bits per heavy atom. The van der Waals surface area contributed by atoms with Gasteiger partial charge in [0.25, 0.3) is 0 Å². The molecule has 3 fully saturated rings. The van der Waals surface area contributed by atoms with Crippen LogP contribution in [0.4, 0.5) is 4.79 Å². The van der Waals surface area contributed by atoms with E-state index in [0.29, 0.717) is 12.0 Å². The first-order valence-electron chi connectivity index (χ1n) is 8.29. The van der Waals surface area contributed by atoms with Gasteiger partial charge in [-0.05, 0) is 49.9 Å². The van der Waals surface area contributed by atoms with Crippen molar-refractivity contribution >= 4 is 6.03 Å². The summed E-state index contributed by atoms with van der Waals surface area (Å²) in [5, 5.41) is 3.14. The van der Waals surface area contributed by atoms with E-state index >= 15 is 0 Å². The third-order valence-electron chi connectivity index (χ3n) is 6.12. The molecule has 0 unspecified atom stereocenters. The molecular formula is C16H29N3O2. The molecule has 3 rings (SSSR count). The Kier molecular flexibility index (Phi) is 3.91. The minimum absolute atomic E-state index is 0.0734. The van der Waals surface area contributed by atoms with Gasteiger partial charge in [0.15, 0.2) is 0 Å². The first-order valence-corrected chi connectivity index (χ1v) is 8.29. The highest BCUT2D eigenvalue weighted by Crippen LogP contribution is 2.42. The topological polar surface area (TPSA) is 67.6 Å². The summed E-state index contributed by atoms with van der Waals surface area (Å²) in [7, 11) is 1.79. The molecule has 120 valence electrons. The summed E-state index contributed by atoms with van der Waals surface area (Å²) >= 11 is 0. The van der Waals surface area contributed by atoms with Gasteiger partial charge < -0.3 is 20.7 Å². The van der Waals surface area contributed by atoms with Gasteiger partial charge in [0.1, 0.15) is 0 Å². The Morgan fingerprint density at radius 2 is 2.05 bits per heavy atom. The molecule has 21 heavy (non-hydrogen) atoms. The fourth-order valence-electron chi connectivity index (χ4n) is 4.14. The zero-order valence-corrected chi connectivity index (χ0v) is 13.4. The van der Waals surface area contributed by atoms with Gasteiger partial charge in [-0.1, -0.05) is 6.92 Å². The molecule has 0 aromatic rings. The number of fused-ring (bicyclic) bond motifs is 1. The minimum atomic E-state index is -0.0855. The maximum absolute atomic E-state index is 12.3. The monoisotopic (exact) mass is 295 g/mol. The standard InChI is InChI=1S/C16H29N3O2/c1-15(6-4-13(21-2)5-7-15)10-18-14(20)19-9-12-3-8-16(12,17)11-19/h12-13H,3-11,17H2,1-2H3,(H,18,20)/t12-,13?,15?,16-/m0/s1. The molecular weight excluding hydrogens is 266 g/mol. The zero-order chi connectivity index (χ0) is 15.1. The molecule has 5 heteroatoms. The van der Waals surface area contributed by atoms with Crippen LogP contribution >= 0.6 is 0 Å². The summed E-state index contributed by atoms with van der Waals surface area (Å²) in [6.45, 7) is 4.61. The molecule has 2 amide bonds. The molecule has 0 bridgehead atoms. The van der Waals surface area contributed by atoms with Gasteiger partial charge >= 0.3 is 6.03 Å². The maximum Gasteiger partial charge on any atom is 0.317 e. The average Bonchev–Trinajstić information content (AvgIpc) is 2.70.